The molecule has 3 rings (SSSR count). The molecule has 2 bridgehead atoms. The normalized spacial score (nSPS) is 48.8. The molecule has 0 aromatic carbocycles. The van der Waals surface area contributed by atoms with Crippen molar-refractivity contribution in [2.24, 2.45) is 22.4 Å². The van der Waals surface area contributed by atoms with E-state index in [0.717, 1.165) is 11.3 Å². The summed E-state index contributed by atoms with van der Waals surface area (Å²) in [5, 5.41) is 16.8. The van der Waals surface area contributed by atoms with Crippen LogP contribution in [0.25, 0.3) is 0 Å². The van der Waals surface area contributed by atoms with Gasteiger partial charge < -0.3 is 5.21 Å². The Balaban J connectivity index is 2.22. The molecule has 4 heteroatoms. The van der Waals surface area contributed by atoms with Gasteiger partial charge in [-0.3, -0.25) is 4.79 Å². The first-order valence-corrected chi connectivity index (χ1v) is 7.33. The number of azo groups is 1. The Morgan fingerprint density at radius 1 is 1.30 bits per heavy atom. The predicted octanol–water partition coefficient (Wildman–Crippen LogP) is 3.23. The Morgan fingerprint density at radius 3 is 2.70 bits per heavy atom. The molecule has 0 aromatic rings. The highest BCUT2D eigenvalue weighted by molar-refractivity contribution is 5.84. The number of hydrogen-bond donors (Lipinski definition) is 0. The second-order valence-electron chi connectivity index (χ2n) is 7.11. The van der Waals surface area contributed by atoms with Crippen molar-refractivity contribution in [3.05, 3.63) is 29.5 Å². The summed E-state index contributed by atoms with van der Waals surface area (Å²) < 4.78 is 0. The van der Waals surface area contributed by atoms with Crippen molar-refractivity contribution in [1.29, 1.82) is 0 Å². The lowest BCUT2D eigenvalue weighted by molar-refractivity contribution is -0.615. The van der Waals surface area contributed by atoms with E-state index in [9.17, 15) is 10.0 Å². The lowest BCUT2D eigenvalue weighted by Crippen LogP contribution is -2.48. The third-order valence-electron chi connectivity index (χ3n) is 6.31. The maximum Gasteiger partial charge on any atom is 0.210 e. The van der Waals surface area contributed by atoms with Gasteiger partial charge in [0.25, 0.3) is 0 Å². The Labute approximate surface area is 119 Å². The fraction of sp³-hybridized carbons (Fsp3) is 0.688. The molecule has 108 valence electrons. The third-order valence-corrected chi connectivity index (χ3v) is 6.31. The molecular weight excluding hydrogens is 252 g/mol. The molecule has 0 amide bonds. The highest BCUT2D eigenvalue weighted by Gasteiger charge is 2.80. The highest BCUT2D eigenvalue weighted by atomic mass is 16.5. The Hall–Kier alpha value is -1.45. The molecule has 0 N–H and O–H groups in total. The summed E-state index contributed by atoms with van der Waals surface area (Å²) in [7, 11) is 0. The minimum atomic E-state index is -0.656. The van der Waals surface area contributed by atoms with Gasteiger partial charge in [-0.1, -0.05) is 43.0 Å². The number of carbonyl (C=O) groups excluding carboxylic acids is 1. The molecule has 4 nitrogen and oxygen atoms in total. The van der Waals surface area contributed by atoms with E-state index in [4.69, 9.17) is 0 Å². The average molecular weight is 274 g/mol. The molecule has 0 unspecified atom stereocenters. The van der Waals surface area contributed by atoms with Crippen molar-refractivity contribution < 1.29 is 9.66 Å². The number of nitrogens with zero attached hydrogens (tertiary/aromatic N) is 2. The van der Waals surface area contributed by atoms with Crippen LogP contribution in [-0.2, 0) is 4.79 Å². The fourth-order valence-corrected chi connectivity index (χ4v) is 4.39. The molecule has 20 heavy (non-hydrogen) atoms. The molecule has 4 atom stereocenters. The van der Waals surface area contributed by atoms with Crippen LogP contribution in [0, 0.1) is 22.5 Å². The molecule has 0 saturated heterocycles. The predicted molar refractivity (Wildman–Crippen MR) is 76.1 cm³/mol. The Morgan fingerprint density at radius 2 is 2.00 bits per heavy atom. The van der Waals surface area contributed by atoms with E-state index in [-0.39, 0.29) is 23.0 Å². The largest absolute Gasteiger partial charge is 0.599 e. The SMILES string of the molecule is CC1(C)[C@@]2(C)N=[N+]([O-])[C@]1(C)[C@@H]1/C=C/C=C\CCC(=O)[C@@H]12. The minimum absolute atomic E-state index is 0.0762. The first-order valence-electron chi connectivity index (χ1n) is 7.33. The summed E-state index contributed by atoms with van der Waals surface area (Å²) in [6.45, 7) is 8.08. The van der Waals surface area contributed by atoms with E-state index in [1.807, 2.05) is 38.2 Å². The summed E-state index contributed by atoms with van der Waals surface area (Å²) in [5.41, 5.74) is -1.60. The lowest BCUT2D eigenvalue weighted by atomic mass is 9.67. The highest BCUT2D eigenvalue weighted by Crippen LogP contribution is 2.66. The first-order chi connectivity index (χ1) is 9.27. The number of carbonyl (C=O) groups is 1. The molecule has 1 saturated carbocycles. The van der Waals surface area contributed by atoms with Crippen LogP contribution >= 0.6 is 0 Å². The van der Waals surface area contributed by atoms with Crippen molar-refractivity contribution in [3.8, 4) is 0 Å². The van der Waals surface area contributed by atoms with Crippen molar-refractivity contribution in [1.82, 2.24) is 0 Å². The first kappa shape index (κ1) is 13.5. The van der Waals surface area contributed by atoms with Crippen molar-refractivity contribution in [3.63, 3.8) is 0 Å². The lowest BCUT2D eigenvalue weighted by Gasteiger charge is -2.33. The zero-order valence-electron chi connectivity index (χ0n) is 12.6. The molecule has 2 aliphatic carbocycles. The number of ketones is 1. The molecule has 0 radical (unpaired) electrons. The molecule has 1 aliphatic heterocycles. The molecule has 1 fully saturated rings. The van der Waals surface area contributed by atoms with Crippen LogP contribution in [0.2, 0.25) is 0 Å². The van der Waals surface area contributed by atoms with E-state index in [0.29, 0.717) is 6.42 Å². The van der Waals surface area contributed by atoms with Crippen LogP contribution < -0.4 is 0 Å². The van der Waals surface area contributed by atoms with Gasteiger partial charge >= 0.3 is 0 Å². The number of rotatable bonds is 0. The van der Waals surface area contributed by atoms with Gasteiger partial charge in [0, 0.05) is 13.3 Å². The molecule has 3 aliphatic rings. The minimum Gasteiger partial charge on any atom is -0.599 e. The summed E-state index contributed by atoms with van der Waals surface area (Å²) in [6, 6.07) is 0. The topological polar surface area (TPSA) is 55.5 Å². The van der Waals surface area contributed by atoms with Gasteiger partial charge in [0.15, 0.2) is 0 Å². The van der Waals surface area contributed by atoms with Crippen LogP contribution in [0.5, 0.6) is 0 Å². The van der Waals surface area contributed by atoms with Crippen LogP contribution in [0.3, 0.4) is 0 Å². The monoisotopic (exact) mass is 274 g/mol. The Kier molecular flexibility index (Phi) is 2.57. The summed E-state index contributed by atoms with van der Waals surface area (Å²) >= 11 is 0. The number of fused-ring (bicyclic) bond motifs is 5. The van der Waals surface area contributed by atoms with Crippen molar-refractivity contribution in [2.45, 2.75) is 51.6 Å². The van der Waals surface area contributed by atoms with E-state index >= 15 is 0 Å². The van der Waals surface area contributed by atoms with Gasteiger partial charge in [-0.25, -0.2) is 0 Å². The number of Topliss-reactive ketones (excluding diaryl/α,β-unsaturated/α-hetero) is 1. The number of allylic oxidation sites excluding steroid dienone is 3. The zero-order chi connectivity index (χ0) is 14.8. The van der Waals surface area contributed by atoms with Crippen LogP contribution in [0.4, 0.5) is 0 Å². The second kappa shape index (κ2) is 3.80. The second-order valence-corrected chi connectivity index (χ2v) is 7.11. The van der Waals surface area contributed by atoms with Crippen LogP contribution in [0.1, 0.15) is 40.5 Å². The molecular formula is C16H22N2O2. The quantitative estimate of drug-likeness (QED) is 0.503. The van der Waals surface area contributed by atoms with E-state index in [1.165, 1.54) is 0 Å². The van der Waals surface area contributed by atoms with Gasteiger partial charge in [-0.05, 0) is 18.5 Å². The maximum atomic E-state index is 12.7. The van der Waals surface area contributed by atoms with E-state index < -0.39 is 11.1 Å². The summed E-state index contributed by atoms with van der Waals surface area (Å²) in [5.74, 6) is -0.0287. The van der Waals surface area contributed by atoms with Gasteiger partial charge in [-0.15, -0.1) is 0 Å². The maximum absolute atomic E-state index is 12.7. The van der Waals surface area contributed by atoms with E-state index in [2.05, 4.69) is 19.0 Å². The van der Waals surface area contributed by atoms with Gasteiger partial charge in [0.05, 0.1) is 17.3 Å². The van der Waals surface area contributed by atoms with E-state index in [1.54, 1.807) is 0 Å². The smallest absolute Gasteiger partial charge is 0.210 e. The van der Waals surface area contributed by atoms with Gasteiger partial charge in [-0.2, -0.15) is 0 Å². The summed E-state index contributed by atoms with van der Waals surface area (Å²) in [4.78, 5) is 13.6. The molecule has 1 heterocycles. The van der Waals surface area contributed by atoms with Gasteiger partial charge in [0.1, 0.15) is 11.3 Å². The molecule has 0 spiro atoms. The average Bonchev–Trinajstić information content (AvgIpc) is 2.64. The Bertz CT molecular complexity index is 561. The van der Waals surface area contributed by atoms with Crippen LogP contribution in [0.15, 0.2) is 29.4 Å². The zero-order valence-corrected chi connectivity index (χ0v) is 12.6. The van der Waals surface area contributed by atoms with Crippen molar-refractivity contribution >= 4 is 5.78 Å². The molecule has 0 aromatic heterocycles. The number of hydroxylamine groups is 1. The van der Waals surface area contributed by atoms with Crippen molar-refractivity contribution in [2.75, 3.05) is 0 Å². The van der Waals surface area contributed by atoms with Gasteiger partial charge in [0.2, 0.25) is 5.54 Å². The standard InChI is InChI=1S/C16H22N2O2/c1-14(2)15(3)13-11(16(14,4)18(20)17-15)9-7-5-6-8-10-12(13)19/h5-7,9,11,13H,8,10H2,1-4H3/b6-5-,9-7+/t11-,13-,15+,16-/m1/s1. The fourth-order valence-electron chi connectivity index (χ4n) is 4.39. The summed E-state index contributed by atoms with van der Waals surface area (Å²) in [6.07, 6.45) is 9.31. The van der Waals surface area contributed by atoms with Crippen LogP contribution in [-0.4, -0.2) is 21.7 Å². The number of hydrogen-bond acceptors (Lipinski definition) is 3. The third kappa shape index (κ3) is 1.25.